The molecule has 0 aliphatic rings. The van der Waals surface area contributed by atoms with E-state index in [1.54, 1.807) is 13.0 Å². The number of ether oxygens (including phenoxy) is 1. The second kappa shape index (κ2) is 15.4. The highest BCUT2D eigenvalue weighted by Crippen LogP contribution is 2.37. The smallest absolute Gasteiger partial charge is 0.397 e. The van der Waals surface area contributed by atoms with Gasteiger partial charge in [0.1, 0.15) is 15.5 Å². The van der Waals surface area contributed by atoms with Crippen LogP contribution in [0.15, 0.2) is 91.6 Å². The van der Waals surface area contributed by atoms with Gasteiger partial charge in [-0.2, -0.15) is 50.4 Å². The Morgan fingerprint density at radius 1 is 0.759 bits per heavy atom. The van der Waals surface area contributed by atoms with E-state index in [-0.39, 0.29) is 55.7 Å². The van der Waals surface area contributed by atoms with Crippen LogP contribution >= 0.6 is 11.6 Å². The quantitative estimate of drug-likeness (QED) is 0.0726. The van der Waals surface area contributed by atoms with Crippen LogP contribution in [0.1, 0.15) is 5.56 Å². The number of azo groups is 1. The van der Waals surface area contributed by atoms with E-state index in [0.717, 1.165) is 12.1 Å². The lowest BCUT2D eigenvalue weighted by Gasteiger charge is -2.13. The highest BCUT2D eigenvalue weighted by Gasteiger charge is 2.22. The van der Waals surface area contributed by atoms with Gasteiger partial charge >= 0.3 is 10.4 Å². The molecular formula is C29H26ClN7O13S4. The fourth-order valence-electron chi connectivity index (χ4n) is 4.81. The molecule has 5 aromatic rings. The number of anilines is 4. The summed E-state index contributed by atoms with van der Waals surface area (Å²) in [6.45, 7) is 0.829. The summed E-state index contributed by atoms with van der Waals surface area (Å²) in [5.74, 6) is -0.763. The number of benzene rings is 4. The third kappa shape index (κ3) is 9.98. The van der Waals surface area contributed by atoms with E-state index in [0.29, 0.717) is 11.3 Å². The standard InChI is InChI=1S/C29H26ClN7O13S4/c1-16-11-23(32-29-34-27(30)33-28(35-29)31-17-5-3-6-19(12-17)51(38,39)10-9-50-54(46,47)48)24(49-2)15-22(16)37-36-18-13-21-20(26(14-18)53(43,44)45)7-4-8-25(21)52(40,41)42/h3-8,11-15H,9-10H2,1-2H3,(H,40,41,42)(H,43,44,45)(H,46,47,48)(H2,31,32,33,34,35). The van der Waals surface area contributed by atoms with Gasteiger partial charge in [-0.15, -0.1) is 0 Å². The second-order valence-electron chi connectivity index (χ2n) is 10.9. The van der Waals surface area contributed by atoms with Gasteiger partial charge in [0.25, 0.3) is 20.2 Å². The first kappa shape index (κ1) is 40.3. The summed E-state index contributed by atoms with van der Waals surface area (Å²) in [5.41, 5.74) is 1.02. The molecule has 0 atom stereocenters. The van der Waals surface area contributed by atoms with Crippen LogP contribution < -0.4 is 15.4 Å². The van der Waals surface area contributed by atoms with Gasteiger partial charge in [-0.3, -0.25) is 13.7 Å². The molecule has 25 heteroatoms. The van der Waals surface area contributed by atoms with Crippen LogP contribution in [0.4, 0.5) is 34.6 Å². The summed E-state index contributed by atoms with van der Waals surface area (Å²) in [6, 6.07) is 14.0. The lowest BCUT2D eigenvalue weighted by Crippen LogP contribution is -2.15. The number of hydrogen-bond donors (Lipinski definition) is 5. The third-order valence-corrected chi connectivity index (χ3v) is 11.3. The molecular weight excluding hydrogens is 818 g/mol. The van der Waals surface area contributed by atoms with Crippen LogP contribution in [0.25, 0.3) is 10.8 Å². The van der Waals surface area contributed by atoms with Crippen molar-refractivity contribution >= 4 is 97.5 Å². The van der Waals surface area contributed by atoms with Crippen LogP contribution in [-0.4, -0.2) is 81.8 Å². The summed E-state index contributed by atoms with van der Waals surface area (Å²) < 4.78 is 133. The molecule has 54 heavy (non-hydrogen) atoms. The van der Waals surface area contributed by atoms with Gasteiger partial charge in [-0.1, -0.05) is 18.2 Å². The molecule has 1 aromatic heterocycles. The van der Waals surface area contributed by atoms with Crippen LogP contribution in [0.5, 0.6) is 5.75 Å². The fourth-order valence-corrected chi connectivity index (χ4v) is 7.93. The molecule has 286 valence electrons. The molecule has 0 aliphatic heterocycles. The van der Waals surface area contributed by atoms with Crippen molar-refractivity contribution in [1.29, 1.82) is 0 Å². The lowest BCUT2D eigenvalue weighted by molar-refractivity contribution is 0.284. The van der Waals surface area contributed by atoms with E-state index in [4.69, 9.17) is 20.9 Å². The average Bonchev–Trinajstić information content (AvgIpc) is 3.05. The highest BCUT2D eigenvalue weighted by atomic mass is 35.5. The molecule has 0 aliphatic carbocycles. The zero-order valence-corrected chi connectivity index (χ0v) is 31.5. The molecule has 1 heterocycles. The minimum absolute atomic E-state index is 0.0840. The first-order valence-corrected chi connectivity index (χ1v) is 20.9. The summed E-state index contributed by atoms with van der Waals surface area (Å²) in [7, 11) is -17.2. The van der Waals surface area contributed by atoms with E-state index in [2.05, 4.69) is 40.0 Å². The Morgan fingerprint density at radius 2 is 1.43 bits per heavy atom. The van der Waals surface area contributed by atoms with E-state index in [9.17, 15) is 42.8 Å². The van der Waals surface area contributed by atoms with Crippen molar-refractivity contribution in [2.24, 2.45) is 10.2 Å². The Kier molecular flexibility index (Phi) is 11.5. The maximum Gasteiger partial charge on any atom is 0.397 e. The predicted octanol–water partition coefficient (Wildman–Crippen LogP) is 4.98. The van der Waals surface area contributed by atoms with E-state index in [1.807, 2.05) is 0 Å². The lowest BCUT2D eigenvalue weighted by atomic mass is 10.1. The number of nitrogens with zero attached hydrogens (tertiary/aromatic N) is 5. The number of methoxy groups -OCH3 is 1. The number of fused-ring (bicyclic) bond motifs is 1. The van der Waals surface area contributed by atoms with Gasteiger partial charge in [0.05, 0.1) is 41.4 Å². The molecule has 0 bridgehead atoms. The molecule has 0 amide bonds. The Bertz CT molecular complexity index is 2770. The summed E-state index contributed by atoms with van der Waals surface area (Å²) >= 11 is 6.14. The van der Waals surface area contributed by atoms with Crippen molar-refractivity contribution in [2.45, 2.75) is 21.6 Å². The summed E-state index contributed by atoms with van der Waals surface area (Å²) in [4.78, 5) is 10.8. The normalized spacial score (nSPS) is 12.6. The van der Waals surface area contributed by atoms with Crippen molar-refractivity contribution in [1.82, 2.24) is 15.0 Å². The summed E-state index contributed by atoms with van der Waals surface area (Å²) in [6.07, 6.45) is 0. The Labute approximate surface area is 312 Å². The van der Waals surface area contributed by atoms with Gasteiger partial charge < -0.3 is 15.4 Å². The van der Waals surface area contributed by atoms with E-state index < -0.39 is 62.6 Å². The number of sulfone groups is 1. The molecule has 0 saturated carbocycles. The van der Waals surface area contributed by atoms with Crippen LogP contribution in [0.2, 0.25) is 5.28 Å². The number of hydrogen-bond acceptors (Lipinski definition) is 17. The number of halogens is 1. The highest BCUT2D eigenvalue weighted by molar-refractivity contribution is 7.91. The van der Waals surface area contributed by atoms with Crippen molar-refractivity contribution in [3.05, 3.63) is 77.6 Å². The molecule has 0 spiro atoms. The average molecular weight is 844 g/mol. The van der Waals surface area contributed by atoms with Gasteiger partial charge in [-0.05, 0) is 66.6 Å². The van der Waals surface area contributed by atoms with E-state index in [1.165, 1.54) is 55.6 Å². The molecule has 0 saturated heterocycles. The number of aryl methyl sites for hydroxylation is 1. The maximum absolute atomic E-state index is 12.7. The Balaban J connectivity index is 1.41. The Morgan fingerprint density at radius 3 is 2.07 bits per heavy atom. The van der Waals surface area contributed by atoms with Crippen molar-refractivity contribution in [3.8, 4) is 5.75 Å². The number of nitrogens with one attached hydrogen (secondary N) is 2. The van der Waals surface area contributed by atoms with Crippen molar-refractivity contribution in [3.63, 3.8) is 0 Å². The van der Waals surface area contributed by atoms with Gasteiger partial charge in [0.2, 0.25) is 17.2 Å². The first-order chi connectivity index (χ1) is 25.1. The monoisotopic (exact) mass is 843 g/mol. The maximum atomic E-state index is 12.7. The third-order valence-electron chi connectivity index (χ3n) is 7.14. The first-order valence-electron chi connectivity index (χ1n) is 14.7. The minimum atomic E-state index is -4.88. The van der Waals surface area contributed by atoms with Crippen LogP contribution in [-0.2, 0) is 44.7 Å². The molecule has 0 fully saturated rings. The van der Waals surface area contributed by atoms with Gasteiger partial charge in [-0.25, -0.2) is 12.6 Å². The van der Waals surface area contributed by atoms with Gasteiger partial charge in [0, 0.05) is 22.5 Å². The van der Waals surface area contributed by atoms with Crippen LogP contribution in [0, 0.1) is 6.92 Å². The molecule has 5 N–H and O–H groups in total. The fraction of sp³-hybridized carbons (Fsp3) is 0.138. The Hall–Kier alpha value is -4.92. The van der Waals surface area contributed by atoms with E-state index >= 15 is 0 Å². The number of rotatable bonds is 14. The van der Waals surface area contributed by atoms with Crippen molar-refractivity contribution in [2.75, 3.05) is 30.1 Å². The topological polar surface area (TPSA) is 303 Å². The molecule has 20 nitrogen and oxygen atoms in total. The zero-order chi connectivity index (χ0) is 39.6. The SMILES string of the molecule is COc1cc(N=Nc2cc(S(=O)(=O)O)c3cccc(S(=O)(=O)O)c3c2)c(C)cc1Nc1nc(Cl)nc(Nc2cccc(S(=O)(=O)CCOS(=O)(=O)O)c2)n1. The van der Waals surface area contributed by atoms with Gasteiger partial charge in [0.15, 0.2) is 9.84 Å². The second-order valence-corrected chi connectivity index (χ2v) is 17.2. The number of aromatic nitrogens is 3. The van der Waals surface area contributed by atoms with Crippen LogP contribution in [0.3, 0.4) is 0 Å². The predicted molar refractivity (Wildman–Crippen MR) is 193 cm³/mol. The molecule has 0 unspecified atom stereocenters. The molecule has 0 radical (unpaired) electrons. The largest absolute Gasteiger partial charge is 0.494 e. The zero-order valence-electron chi connectivity index (χ0n) is 27.4. The van der Waals surface area contributed by atoms with Crippen molar-refractivity contribution < 1.29 is 56.2 Å². The summed E-state index contributed by atoms with van der Waals surface area (Å²) in [5, 5.41) is 13.2. The molecule has 4 aromatic carbocycles. The minimum Gasteiger partial charge on any atom is -0.494 e. The molecule has 5 rings (SSSR count).